The summed E-state index contributed by atoms with van der Waals surface area (Å²) in [6.45, 7) is 6.91. The number of amides is 2. The van der Waals surface area contributed by atoms with Crippen LogP contribution in [0.15, 0.2) is 30.3 Å². The predicted molar refractivity (Wildman–Crippen MR) is 171 cm³/mol. The van der Waals surface area contributed by atoms with Crippen molar-refractivity contribution in [2.75, 3.05) is 53.4 Å². The number of ether oxygens (including phenoxy) is 1. The van der Waals surface area contributed by atoms with Gasteiger partial charge in [-0.2, -0.15) is 5.06 Å². The molecule has 11 heteroatoms. The minimum Gasteiger partial charge on any atom is -0.496 e. The number of carbonyl (C=O) groups excluding carboxylic acids is 2. The second-order valence-corrected chi connectivity index (χ2v) is 12.6. The van der Waals surface area contributed by atoms with Crippen molar-refractivity contribution in [2.45, 2.75) is 58.3 Å². The average molecular weight is 618 g/mol. The quantitative estimate of drug-likeness (QED) is 0.293. The lowest BCUT2D eigenvalue weighted by atomic mass is 9.91. The number of benzene rings is 2. The van der Waals surface area contributed by atoms with Crippen molar-refractivity contribution in [3.8, 4) is 16.9 Å². The van der Waals surface area contributed by atoms with E-state index in [9.17, 15) is 14.7 Å². The lowest BCUT2D eigenvalue weighted by Crippen LogP contribution is -2.43. The largest absolute Gasteiger partial charge is 0.496 e. The smallest absolute Gasteiger partial charge is 0.251 e. The molecule has 238 valence electrons. The number of nitrogens with one attached hydrogen (secondary N) is 1. The molecule has 1 aliphatic rings. The van der Waals surface area contributed by atoms with E-state index < -0.39 is 18.1 Å². The predicted octanol–water partition coefficient (Wildman–Crippen LogP) is 3.78. The van der Waals surface area contributed by atoms with Crippen LogP contribution in [0.5, 0.6) is 5.75 Å². The Morgan fingerprint density at radius 1 is 1.19 bits per heavy atom. The van der Waals surface area contributed by atoms with Gasteiger partial charge in [0.05, 0.1) is 25.3 Å². The Morgan fingerprint density at radius 3 is 2.42 bits per heavy atom. The van der Waals surface area contributed by atoms with Crippen LogP contribution in [0.25, 0.3) is 11.1 Å². The summed E-state index contributed by atoms with van der Waals surface area (Å²) in [4.78, 5) is 36.1. The van der Waals surface area contributed by atoms with Crippen molar-refractivity contribution in [2.24, 2.45) is 17.6 Å². The average Bonchev–Trinajstić information content (AvgIpc) is 3.30. The van der Waals surface area contributed by atoms with Crippen LogP contribution in [-0.4, -0.2) is 93.5 Å². The monoisotopic (exact) mass is 617 g/mol. The zero-order valence-corrected chi connectivity index (χ0v) is 27.4. The Balaban J connectivity index is 2.06. The van der Waals surface area contributed by atoms with Gasteiger partial charge in [0.2, 0.25) is 5.91 Å². The highest BCUT2D eigenvalue weighted by molar-refractivity contribution is 6.33. The van der Waals surface area contributed by atoms with Gasteiger partial charge in [0.15, 0.2) is 0 Å². The van der Waals surface area contributed by atoms with Crippen molar-refractivity contribution in [1.82, 2.24) is 15.3 Å². The number of hydrogen-bond donors (Lipinski definition) is 3. The maximum Gasteiger partial charge on any atom is 0.251 e. The van der Waals surface area contributed by atoms with Crippen LogP contribution in [0.3, 0.4) is 0 Å². The van der Waals surface area contributed by atoms with Gasteiger partial charge in [0, 0.05) is 55.0 Å². The molecule has 1 aliphatic heterocycles. The van der Waals surface area contributed by atoms with Crippen LogP contribution in [0.4, 0.5) is 5.69 Å². The molecule has 0 aromatic heterocycles. The van der Waals surface area contributed by atoms with E-state index in [4.69, 9.17) is 26.9 Å². The molecular formula is C32H48ClN5O5. The molecule has 0 aliphatic carbocycles. The third kappa shape index (κ3) is 8.39. The number of aliphatic hydroxyl groups excluding tert-OH is 1. The van der Waals surface area contributed by atoms with Gasteiger partial charge in [0.25, 0.3) is 5.91 Å². The number of primary amides is 1. The molecule has 1 heterocycles. The van der Waals surface area contributed by atoms with Crippen molar-refractivity contribution in [3.63, 3.8) is 0 Å². The molecule has 1 fully saturated rings. The number of likely N-dealkylation sites (N-methyl/N-ethyl adjacent to an activating group) is 1. The van der Waals surface area contributed by atoms with Crippen molar-refractivity contribution >= 4 is 29.1 Å². The fourth-order valence-corrected chi connectivity index (χ4v) is 6.13. The second-order valence-electron chi connectivity index (χ2n) is 12.2. The van der Waals surface area contributed by atoms with E-state index >= 15 is 0 Å². The summed E-state index contributed by atoms with van der Waals surface area (Å²) < 4.78 is 5.92. The van der Waals surface area contributed by atoms with Crippen molar-refractivity contribution in [1.29, 1.82) is 0 Å². The summed E-state index contributed by atoms with van der Waals surface area (Å²) >= 11 is 6.81. The molecule has 2 amide bonds. The van der Waals surface area contributed by atoms with Crippen molar-refractivity contribution in [3.05, 3.63) is 46.5 Å². The molecule has 0 spiro atoms. The van der Waals surface area contributed by atoms with E-state index in [1.807, 2.05) is 64.3 Å². The van der Waals surface area contributed by atoms with Gasteiger partial charge in [-0.25, -0.2) is 0 Å². The Morgan fingerprint density at radius 2 is 1.88 bits per heavy atom. The summed E-state index contributed by atoms with van der Waals surface area (Å²) in [6, 6.07) is 8.52. The second kappa shape index (κ2) is 15.2. The summed E-state index contributed by atoms with van der Waals surface area (Å²) in [7, 11) is 9.38. The molecule has 10 nitrogen and oxygen atoms in total. The summed E-state index contributed by atoms with van der Waals surface area (Å²) in [5, 5.41) is 15.1. The van der Waals surface area contributed by atoms with Gasteiger partial charge in [-0.15, -0.1) is 0 Å². The van der Waals surface area contributed by atoms with Crippen LogP contribution < -0.4 is 20.7 Å². The number of methoxy groups -OCH3 is 1. The van der Waals surface area contributed by atoms with Crippen LogP contribution in [0.1, 0.15) is 49.5 Å². The molecule has 0 bridgehead atoms. The summed E-state index contributed by atoms with van der Waals surface area (Å²) in [6.07, 6.45) is 0.935. The number of rotatable bonds is 14. The van der Waals surface area contributed by atoms with E-state index in [0.717, 1.165) is 18.7 Å². The maximum absolute atomic E-state index is 13.6. The molecule has 43 heavy (non-hydrogen) atoms. The fourth-order valence-electron chi connectivity index (χ4n) is 5.88. The minimum absolute atomic E-state index is 0.0104. The fraction of sp³-hybridized carbons (Fsp3) is 0.562. The third-order valence-corrected chi connectivity index (χ3v) is 8.10. The normalized spacial score (nSPS) is 19.6. The number of nitrogens with zero attached hydrogens (tertiary/aromatic N) is 3. The SMILES string of the molecule is CCC1[C@H](CO)ON(Cc2ccc(Cl)c(-c3cc(C(=O)N[C@@H](CC(C)C)CN(C)C)cc(N(C)C)c3)c2OC)[C@@H]1C(N)=O. The molecule has 3 rings (SSSR count). The first kappa shape index (κ1) is 34.6. The van der Waals surface area contributed by atoms with Crippen LogP contribution >= 0.6 is 11.6 Å². The number of carbonyl (C=O) groups is 2. The van der Waals surface area contributed by atoms with E-state index in [2.05, 4.69) is 24.1 Å². The highest BCUT2D eigenvalue weighted by atomic mass is 35.5. The van der Waals surface area contributed by atoms with Gasteiger partial charge in [-0.3, -0.25) is 14.4 Å². The Bertz CT molecular complexity index is 1260. The molecular weight excluding hydrogens is 570 g/mol. The number of nitrogens with two attached hydrogens (primary N) is 1. The molecule has 1 saturated heterocycles. The highest BCUT2D eigenvalue weighted by Gasteiger charge is 2.45. The number of halogens is 1. The van der Waals surface area contributed by atoms with Crippen LogP contribution in [0.2, 0.25) is 5.02 Å². The summed E-state index contributed by atoms with van der Waals surface area (Å²) in [5.74, 6) is -0.0133. The van der Waals surface area contributed by atoms with Gasteiger partial charge in [0.1, 0.15) is 17.9 Å². The van der Waals surface area contributed by atoms with Crippen LogP contribution in [-0.2, 0) is 16.2 Å². The number of aliphatic hydroxyl groups is 1. The lowest BCUT2D eigenvalue weighted by molar-refractivity contribution is -0.180. The molecule has 0 saturated carbocycles. The topological polar surface area (TPSA) is 121 Å². The Labute approximate surface area is 261 Å². The zero-order valence-electron chi connectivity index (χ0n) is 26.7. The Kier molecular flexibility index (Phi) is 12.2. The van der Waals surface area contributed by atoms with E-state index in [1.165, 1.54) is 5.06 Å². The number of anilines is 1. The number of hydroxylamine groups is 2. The zero-order chi connectivity index (χ0) is 32.0. The summed E-state index contributed by atoms with van der Waals surface area (Å²) in [5.41, 5.74) is 9.15. The first-order chi connectivity index (χ1) is 20.3. The highest BCUT2D eigenvalue weighted by Crippen LogP contribution is 2.42. The third-order valence-electron chi connectivity index (χ3n) is 7.79. The molecule has 4 N–H and O–H groups in total. The van der Waals surface area contributed by atoms with Gasteiger partial charge in [-0.1, -0.05) is 38.4 Å². The molecule has 4 atom stereocenters. The molecule has 1 unspecified atom stereocenters. The molecule has 2 aromatic rings. The van der Waals surface area contributed by atoms with E-state index in [-0.39, 0.29) is 31.0 Å². The maximum atomic E-state index is 13.6. The van der Waals surface area contributed by atoms with E-state index in [0.29, 0.717) is 45.4 Å². The molecule has 0 radical (unpaired) electrons. The van der Waals surface area contributed by atoms with Gasteiger partial charge < -0.3 is 30.7 Å². The standard InChI is InChI=1S/C32H48ClN5O5/c1-9-25-27(18-39)43-38(29(25)31(34)40)16-20-10-11-26(33)28(30(20)42-8)21-13-22(15-24(14-21)37(6)7)32(41)35-23(12-19(2)3)17-36(4)5/h10-11,13-15,19,23,25,27,29,39H,9,12,16-18H2,1-8H3,(H2,34,40)(H,35,41)/t23-,25?,27-,29-/m0/s1. The first-order valence-corrected chi connectivity index (χ1v) is 15.2. The first-order valence-electron chi connectivity index (χ1n) is 14.8. The lowest BCUT2D eigenvalue weighted by Gasteiger charge is -2.25. The Hall–Kier alpha value is -2.89. The van der Waals surface area contributed by atoms with Crippen molar-refractivity contribution < 1.29 is 24.3 Å². The van der Waals surface area contributed by atoms with Gasteiger partial charge >= 0.3 is 0 Å². The van der Waals surface area contributed by atoms with E-state index in [1.54, 1.807) is 13.2 Å². The minimum atomic E-state index is -0.709. The molecule has 2 aromatic carbocycles. The van der Waals surface area contributed by atoms with Gasteiger partial charge in [-0.05, 0) is 62.7 Å². The van der Waals surface area contributed by atoms with Crippen LogP contribution in [0, 0.1) is 11.8 Å². The number of hydrogen-bond acceptors (Lipinski definition) is 8.